The Balaban J connectivity index is 3.11. The van der Waals surface area contributed by atoms with E-state index in [1.807, 2.05) is 0 Å². The van der Waals surface area contributed by atoms with Crippen LogP contribution in [0.25, 0.3) is 0 Å². The number of anilines is 1. The Morgan fingerprint density at radius 1 is 1.00 bits per heavy atom. The van der Waals surface area contributed by atoms with Gasteiger partial charge in [0, 0.05) is 10.2 Å². The highest BCUT2D eigenvalue weighted by molar-refractivity contribution is 9.10. The SMILES string of the molecule is O=C(Nc1ccc(Br)cc1)C(Cl)(C(F)(F)F)C(F)(F)F. The number of benzene rings is 1. The Morgan fingerprint density at radius 2 is 1.40 bits per heavy atom. The topological polar surface area (TPSA) is 29.1 Å². The summed E-state index contributed by atoms with van der Waals surface area (Å²) in [6.45, 7) is 0. The molecule has 10 heteroatoms. The van der Waals surface area contributed by atoms with E-state index in [1.165, 1.54) is 17.4 Å². The maximum atomic E-state index is 12.5. The zero-order chi connectivity index (χ0) is 15.8. The molecule has 1 amide bonds. The summed E-state index contributed by atoms with van der Waals surface area (Å²) in [6, 6.07) is 4.89. The van der Waals surface area contributed by atoms with Gasteiger partial charge in [-0.05, 0) is 24.3 Å². The quantitative estimate of drug-likeness (QED) is 0.591. The van der Waals surface area contributed by atoms with Crippen LogP contribution >= 0.6 is 27.5 Å². The van der Waals surface area contributed by atoms with E-state index in [1.54, 1.807) is 0 Å². The lowest BCUT2D eigenvalue weighted by Crippen LogP contribution is -2.60. The molecule has 20 heavy (non-hydrogen) atoms. The van der Waals surface area contributed by atoms with Gasteiger partial charge in [-0.1, -0.05) is 27.5 Å². The number of hydrogen-bond acceptors (Lipinski definition) is 1. The first-order chi connectivity index (χ1) is 8.89. The summed E-state index contributed by atoms with van der Waals surface area (Å²) < 4.78 is 75.5. The molecule has 0 aliphatic carbocycles. The van der Waals surface area contributed by atoms with Gasteiger partial charge >= 0.3 is 17.2 Å². The zero-order valence-electron chi connectivity index (χ0n) is 9.24. The van der Waals surface area contributed by atoms with Crippen molar-refractivity contribution in [2.45, 2.75) is 17.2 Å². The lowest BCUT2D eigenvalue weighted by Gasteiger charge is -2.30. The minimum absolute atomic E-state index is 0.253. The summed E-state index contributed by atoms with van der Waals surface area (Å²) in [5.74, 6) is -2.42. The minimum Gasteiger partial charge on any atom is -0.324 e. The molecule has 0 fully saturated rings. The highest BCUT2D eigenvalue weighted by Gasteiger charge is 2.75. The third-order valence-electron chi connectivity index (χ3n) is 2.20. The number of hydrogen-bond donors (Lipinski definition) is 1. The molecule has 0 radical (unpaired) electrons. The fourth-order valence-corrected chi connectivity index (χ4v) is 1.48. The zero-order valence-corrected chi connectivity index (χ0v) is 11.6. The van der Waals surface area contributed by atoms with Crippen LogP contribution in [0.4, 0.5) is 32.0 Å². The van der Waals surface area contributed by atoms with Crippen molar-refractivity contribution >= 4 is 39.1 Å². The number of carbonyl (C=O) groups excluding carboxylic acids is 1. The Morgan fingerprint density at radius 3 is 1.75 bits per heavy atom. The number of rotatable bonds is 2. The molecule has 1 aromatic carbocycles. The number of amides is 1. The van der Waals surface area contributed by atoms with Crippen LogP contribution in [0.5, 0.6) is 0 Å². The van der Waals surface area contributed by atoms with E-state index in [0.29, 0.717) is 4.47 Å². The molecule has 1 N–H and O–H groups in total. The predicted octanol–water partition coefficient (Wildman–Crippen LogP) is 4.49. The molecule has 1 aromatic rings. The van der Waals surface area contributed by atoms with Crippen LogP contribution in [0.3, 0.4) is 0 Å². The first kappa shape index (κ1) is 17.1. The molecule has 0 heterocycles. The molecule has 0 aliphatic heterocycles. The molecule has 0 aliphatic rings. The van der Waals surface area contributed by atoms with Crippen LogP contribution in [0, 0.1) is 0 Å². The van der Waals surface area contributed by atoms with E-state index in [-0.39, 0.29) is 5.69 Å². The average molecular weight is 385 g/mol. The van der Waals surface area contributed by atoms with Crippen molar-refractivity contribution < 1.29 is 31.1 Å². The summed E-state index contributed by atoms with van der Waals surface area (Å²) in [4.78, 5) is 6.31. The molecule has 0 bridgehead atoms. The lowest BCUT2D eigenvalue weighted by atomic mass is 10.1. The van der Waals surface area contributed by atoms with Gasteiger partial charge < -0.3 is 5.32 Å². The lowest BCUT2D eigenvalue weighted by molar-refractivity contribution is -0.258. The van der Waals surface area contributed by atoms with Crippen molar-refractivity contribution in [2.75, 3.05) is 5.32 Å². The Labute approximate surface area is 122 Å². The summed E-state index contributed by atoms with van der Waals surface area (Å²) >= 11 is 7.57. The van der Waals surface area contributed by atoms with Crippen LogP contribution in [0.15, 0.2) is 28.7 Å². The second kappa shape index (κ2) is 5.44. The van der Waals surface area contributed by atoms with Gasteiger partial charge in [0.2, 0.25) is 0 Å². The van der Waals surface area contributed by atoms with Crippen LogP contribution in [0.2, 0.25) is 0 Å². The maximum absolute atomic E-state index is 12.5. The van der Waals surface area contributed by atoms with Crippen molar-refractivity contribution in [3.8, 4) is 0 Å². The Hall–Kier alpha value is -0.960. The second-order valence-electron chi connectivity index (χ2n) is 3.62. The molecular weight excluding hydrogens is 379 g/mol. The van der Waals surface area contributed by atoms with Gasteiger partial charge in [0.25, 0.3) is 5.91 Å². The van der Waals surface area contributed by atoms with Crippen molar-refractivity contribution in [3.63, 3.8) is 0 Å². The molecule has 0 spiro atoms. The van der Waals surface area contributed by atoms with Gasteiger partial charge in [-0.25, -0.2) is 0 Å². The highest BCUT2D eigenvalue weighted by Crippen LogP contribution is 2.48. The molecule has 0 saturated carbocycles. The van der Waals surface area contributed by atoms with Gasteiger partial charge in [0.1, 0.15) is 0 Å². The molecule has 0 unspecified atom stereocenters. The summed E-state index contributed by atoms with van der Waals surface area (Å²) in [6.07, 6.45) is -12.0. The molecule has 2 nitrogen and oxygen atoms in total. The minimum atomic E-state index is -5.99. The first-order valence-electron chi connectivity index (χ1n) is 4.79. The van der Waals surface area contributed by atoms with Gasteiger partial charge in [-0.15, -0.1) is 0 Å². The first-order valence-corrected chi connectivity index (χ1v) is 5.96. The molecule has 112 valence electrons. The highest BCUT2D eigenvalue weighted by atomic mass is 79.9. The summed E-state index contributed by atoms with van der Waals surface area (Å²) in [5, 5.41) is 1.49. The van der Waals surface area contributed by atoms with Crippen molar-refractivity contribution in [2.24, 2.45) is 0 Å². The van der Waals surface area contributed by atoms with Gasteiger partial charge in [-0.3, -0.25) is 4.79 Å². The number of nitrogens with one attached hydrogen (secondary N) is 1. The van der Waals surface area contributed by atoms with Crippen LogP contribution in [-0.2, 0) is 4.79 Å². The van der Waals surface area contributed by atoms with Gasteiger partial charge in [0.15, 0.2) is 0 Å². The van der Waals surface area contributed by atoms with Crippen molar-refractivity contribution in [1.29, 1.82) is 0 Å². The third-order valence-corrected chi connectivity index (χ3v) is 3.33. The van der Waals surface area contributed by atoms with Crippen molar-refractivity contribution in [3.05, 3.63) is 28.7 Å². The van der Waals surface area contributed by atoms with E-state index >= 15 is 0 Å². The van der Waals surface area contributed by atoms with E-state index in [9.17, 15) is 31.1 Å². The Bertz CT molecular complexity index is 484. The van der Waals surface area contributed by atoms with Gasteiger partial charge in [-0.2, -0.15) is 26.3 Å². The third kappa shape index (κ3) is 3.20. The van der Waals surface area contributed by atoms with E-state index in [2.05, 4.69) is 27.5 Å². The number of carbonyl (C=O) groups is 1. The largest absolute Gasteiger partial charge is 0.425 e. The summed E-state index contributed by atoms with van der Waals surface area (Å²) in [7, 11) is 0. The van der Waals surface area contributed by atoms with E-state index in [0.717, 1.165) is 12.1 Å². The van der Waals surface area contributed by atoms with Crippen molar-refractivity contribution in [1.82, 2.24) is 0 Å². The fraction of sp³-hybridized carbons (Fsp3) is 0.300. The number of alkyl halides is 7. The molecule has 1 rings (SSSR count). The standard InChI is InChI=1S/C10H5BrClF6NO/c11-5-1-3-6(4-2-5)19-7(20)8(12,9(13,14)15)10(16,17)18/h1-4H,(H,19,20). The van der Waals surface area contributed by atoms with E-state index in [4.69, 9.17) is 0 Å². The molecular formula is C10H5BrClF6NO. The average Bonchev–Trinajstić information content (AvgIpc) is 2.28. The smallest absolute Gasteiger partial charge is 0.324 e. The fourth-order valence-electron chi connectivity index (χ4n) is 1.17. The molecule has 0 saturated heterocycles. The van der Waals surface area contributed by atoms with Crippen LogP contribution < -0.4 is 5.32 Å². The number of halogens is 8. The second-order valence-corrected chi connectivity index (χ2v) is 5.10. The van der Waals surface area contributed by atoms with Gasteiger partial charge in [0.05, 0.1) is 0 Å². The summed E-state index contributed by atoms with van der Waals surface area (Å²) in [5.41, 5.74) is -0.253. The predicted molar refractivity (Wildman–Crippen MR) is 63.5 cm³/mol. The van der Waals surface area contributed by atoms with Crippen LogP contribution in [0.1, 0.15) is 0 Å². The maximum Gasteiger partial charge on any atom is 0.425 e. The monoisotopic (exact) mass is 383 g/mol. The molecule has 0 atom stereocenters. The van der Waals surface area contributed by atoms with E-state index < -0.39 is 23.1 Å². The molecule has 0 aromatic heterocycles. The Kier molecular flexibility index (Phi) is 4.65. The normalized spacial score (nSPS) is 13.2. The van der Waals surface area contributed by atoms with Crippen LogP contribution in [-0.4, -0.2) is 23.1 Å².